The lowest BCUT2D eigenvalue weighted by Gasteiger charge is -2.14. The van der Waals surface area contributed by atoms with Gasteiger partial charge in [0.05, 0.1) is 5.69 Å². The fraction of sp³-hybridized carbons (Fsp3) is 0.583. The van der Waals surface area contributed by atoms with E-state index in [0.29, 0.717) is 12.2 Å². The van der Waals surface area contributed by atoms with Gasteiger partial charge in [-0.15, -0.1) is 0 Å². The van der Waals surface area contributed by atoms with Crippen LogP contribution < -0.4 is 10.0 Å². The van der Waals surface area contributed by atoms with Gasteiger partial charge < -0.3 is 5.32 Å². The molecule has 1 aliphatic rings. The molecule has 6 heteroatoms. The van der Waals surface area contributed by atoms with Crippen LogP contribution in [0.5, 0.6) is 0 Å². The number of anilines is 1. The van der Waals surface area contributed by atoms with Gasteiger partial charge in [0.15, 0.2) is 5.03 Å². The Bertz CT molecular complexity index is 524. The third-order valence-corrected chi connectivity index (χ3v) is 5.00. The number of hydrogen-bond donors (Lipinski definition) is 2. The van der Waals surface area contributed by atoms with Crippen molar-refractivity contribution < 1.29 is 8.42 Å². The summed E-state index contributed by atoms with van der Waals surface area (Å²) in [6.07, 6.45) is 4.71. The number of pyridine rings is 1. The monoisotopic (exact) mass is 269 g/mol. The smallest absolute Gasteiger partial charge is 0.260 e. The average molecular weight is 269 g/mol. The van der Waals surface area contributed by atoms with Gasteiger partial charge in [0, 0.05) is 19.8 Å². The normalized spacial score (nSPS) is 17.4. The summed E-state index contributed by atoms with van der Waals surface area (Å²) in [7, 11) is -1.84. The van der Waals surface area contributed by atoms with Gasteiger partial charge in [0.2, 0.25) is 0 Å². The van der Waals surface area contributed by atoms with E-state index >= 15 is 0 Å². The van der Waals surface area contributed by atoms with E-state index in [-0.39, 0.29) is 10.4 Å². The van der Waals surface area contributed by atoms with Crippen molar-refractivity contribution in [3.8, 4) is 0 Å². The molecule has 0 spiro atoms. The lowest BCUT2D eigenvalue weighted by atomic mass is 10.1. The molecule has 1 aromatic heterocycles. The van der Waals surface area contributed by atoms with Crippen molar-refractivity contribution in [2.24, 2.45) is 5.41 Å². The third-order valence-electron chi connectivity index (χ3n) is 3.64. The van der Waals surface area contributed by atoms with Crippen LogP contribution in [0.3, 0.4) is 0 Å². The summed E-state index contributed by atoms with van der Waals surface area (Å²) >= 11 is 0. The van der Waals surface area contributed by atoms with E-state index in [2.05, 4.69) is 21.9 Å². The lowest BCUT2D eigenvalue weighted by molar-refractivity contribution is 0.475. The van der Waals surface area contributed by atoms with E-state index in [1.165, 1.54) is 6.20 Å². The van der Waals surface area contributed by atoms with E-state index in [1.807, 2.05) is 0 Å². The molecule has 0 aliphatic heterocycles. The van der Waals surface area contributed by atoms with Crippen molar-refractivity contribution in [2.75, 3.05) is 18.9 Å². The van der Waals surface area contributed by atoms with E-state index in [4.69, 9.17) is 0 Å². The Hall–Kier alpha value is -1.14. The maximum Gasteiger partial charge on any atom is 0.260 e. The number of rotatable bonds is 6. The van der Waals surface area contributed by atoms with Gasteiger partial charge in [-0.3, -0.25) is 0 Å². The molecular formula is C12H19N3O2S. The highest BCUT2D eigenvalue weighted by molar-refractivity contribution is 7.89. The first-order valence-corrected chi connectivity index (χ1v) is 7.64. The standard InChI is InChI=1S/C12H19N3O2S/c1-3-12(6-7-12)9-15-18(16,17)11-10(13-2)5-4-8-14-11/h4-5,8,13,15H,3,6-7,9H2,1-2H3. The molecule has 0 saturated heterocycles. The molecular weight excluding hydrogens is 250 g/mol. The molecule has 100 valence electrons. The molecule has 2 N–H and O–H groups in total. The topological polar surface area (TPSA) is 71.1 Å². The summed E-state index contributed by atoms with van der Waals surface area (Å²) in [6.45, 7) is 2.60. The van der Waals surface area contributed by atoms with Crippen molar-refractivity contribution in [1.29, 1.82) is 0 Å². The Morgan fingerprint density at radius 3 is 2.72 bits per heavy atom. The molecule has 1 fully saturated rings. The Kier molecular flexibility index (Phi) is 3.59. The van der Waals surface area contributed by atoms with Crippen molar-refractivity contribution in [3.63, 3.8) is 0 Å². The SMILES string of the molecule is CCC1(CNS(=O)(=O)c2ncccc2NC)CC1. The average Bonchev–Trinajstić information content (AvgIpc) is 3.17. The minimum atomic E-state index is -3.53. The Balaban J connectivity index is 2.15. The van der Waals surface area contributed by atoms with Gasteiger partial charge in [0.1, 0.15) is 0 Å². The summed E-state index contributed by atoms with van der Waals surface area (Å²) in [5.74, 6) is 0. The van der Waals surface area contributed by atoms with Crippen LogP contribution in [0, 0.1) is 5.41 Å². The molecule has 0 aromatic carbocycles. The zero-order valence-corrected chi connectivity index (χ0v) is 11.5. The minimum Gasteiger partial charge on any atom is -0.386 e. The zero-order valence-electron chi connectivity index (χ0n) is 10.7. The molecule has 0 bridgehead atoms. The highest BCUT2D eigenvalue weighted by Crippen LogP contribution is 2.48. The molecule has 1 aliphatic carbocycles. The quantitative estimate of drug-likeness (QED) is 0.822. The molecule has 0 amide bonds. The van der Waals surface area contributed by atoms with Gasteiger partial charge in [-0.05, 0) is 36.8 Å². The summed E-state index contributed by atoms with van der Waals surface area (Å²) in [6, 6.07) is 3.41. The van der Waals surface area contributed by atoms with Crippen LogP contribution >= 0.6 is 0 Å². The summed E-state index contributed by atoms with van der Waals surface area (Å²) in [5, 5.41) is 2.92. The molecule has 0 atom stereocenters. The fourth-order valence-corrected chi connectivity index (χ4v) is 3.24. The van der Waals surface area contributed by atoms with Crippen molar-refractivity contribution in [2.45, 2.75) is 31.2 Å². The van der Waals surface area contributed by atoms with Crippen LogP contribution in [-0.2, 0) is 10.0 Å². The largest absolute Gasteiger partial charge is 0.386 e. The van der Waals surface area contributed by atoms with Gasteiger partial charge in [-0.1, -0.05) is 6.92 Å². The van der Waals surface area contributed by atoms with E-state index in [9.17, 15) is 8.42 Å². The highest BCUT2D eigenvalue weighted by Gasteiger charge is 2.41. The number of nitrogens with one attached hydrogen (secondary N) is 2. The number of sulfonamides is 1. The van der Waals surface area contributed by atoms with Gasteiger partial charge in [-0.25, -0.2) is 18.1 Å². The maximum atomic E-state index is 12.2. The van der Waals surface area contributed by atoms with Gasteiger partial charge >= 0.3 is 0 Å². The summed E-state index contributed by atoms with van der Waals surface area (Å²) in [4.78, 5) is 3.96. The van der Waals surface area contributed by atoms with Crippen LogP contribution in [0.15, 0.2) is 23.4 Å². The van der Waals surface area contributed by atoms with Crippen molar-refractivity contribution in [3.05, 3.63) is 18.3 Å². The Morgan fingerprint density at radius 1 is 1.44 bits per heavy atom. The number of nitrogens with zero attached hydrogens (tertiary/aromatic N) is 1. The highest BCUT2D eigenvalue weighted by atomic mass is 32.2. The van der Waals surface area contributed by atoms with Crippen LogP contribution in [0.25, 0.3) is 0 Å². The molecule has 1 saturated carbocycles. The van der Waals surface area contributed by atoms with Crippen molar-refractivity contribution in [1.82, 2.24) is 9.71 Å². The van der Waals surface area contributed by atoms with E-state index in [0.717, 1.165) is 19.3 Å². The van der Waals surface area contributed by atoms with Crippen molar-refractivity contribution >= 4 is 15.7 Å². The predicted molar refractivity (Wildman–Crippen MR) is 70.9 cm³/mol. The second-order valence-electron chi connectivity index (χ2n) is 4.78. The maximum absolute atomic E-state index is 12.2. The molecule has 5 nitrogen and oxygen atoms in total. The molecule has 18 heavy (non-hydrogen) atoms. The molecule has 1 heterocycles. The second-order valence-corrected chi connectivity index (χ2v) is 6.47. The Labute approximate surface area is 108 Å². The molecule has 1 aromatic rings. The van der Waals surface area contributed by atoms with E-state index in [1.54, 1.807) is 19.2 Å². The van der Waals surface area contributed by atoms with Gasteiger partial charge in [0.25, 0.3) is 10.0 Å². The third kappa shape index (κ3) is 2.64. The molecule has 2 rings (SSSR count). The predicted octanol–water partition coefficient (Wildman–Crippen LogP) is 1.59. The molecule has 0 unspecified atom stereocenters. The first kappa shape index (κ1) is 13.3. The van der Waals surface area contributed by atoms with Crippen LogP contribution in [0.2, 0.25) is 0 Å². The van der Waals surface area contributed by atoms with Gasteiger partial charge in [-0.2, -0.15) is 0 Å². The summed E-state index contributed by atoms with van der Waals surface area (Å²) < 4.78 is 27.1. The lowest BCUT2D eigenvalue weighted by Crippen LogP contribution is -2.31. The number of aromatic nitrogens is 1. The minimum absolute atomic E-state index is 0.0689. The summed E-state index contributed by atoms with van der Waals surface area (Å²) in [5.41, 5.74) is 0.702. The van der Waals surface area contributed by atoms with E-state index < -0.39 is 10.0 Å². The van der Waals surface area contributed by atoms with Crippen LogP contribution in [0.1, 0.15) is 26.2 Å². The molecule has 0 radical (unpaired) electrons. The zero-order chi connectivity index (χ0) is 13.2. The Morgan fingerprint density at radius 2 is 2.17 bits per heavy atom. The number of hydrogen-bond acceptors (Lipinski definition) is 4. The first-order chi connectivity index (χ1) is 8.53. The first-order valence-electron chi connectivity index (χ1n) is 6.15. The van der Waals surface area contributed by atoms with Crippen LogP contribution in [0.4, 0.5) is 5.69 Å². The second kappa shape index (κ2) is 4.85. The van der Waals surface area contributed by atoms with Crippen LogP contribution in [-0.4, -0.2) is 27.0 Å². The fourth-order valence-electron chi connectivity index (χ4n) is 1.94.